The Kier molecular flexibility index (Phi) is 3.34. The molecule has 4 heteroatoms. The number of benzene rings is 1. The fraction of sp³-hybridized carbons (Fsp3) is 0.500. The number of rotatable bonds is 2. The van der Waals surface area contributed by atoms with Gasteiger partial charge in [-0.1, -0.05) is 25.1 Å². The molecule has 0 atom stereocenters. The summed E-state index contributed by atoms with van der Waals surface area (Å²) in [4.78, 5) is 12.9. The highest BCUT2D eigenvalue weighted by molar-refractivity contribution is 6.19. The van der Waals surface area contributed by atoms with Crippen LogP contribution in [0.2, 0.25) is 0 Å². The van der Waals surface area contributed by atoms with E-state index in [1.807, 2.05) is 37.3 Å². The van der Waals surface area contributed by atoms with Crippen LogP contribution < -0.4 is 5.01 Å². The van der Waals surface area contributed by atoms with Crippen LogP contribution in [0.25, 0.3) is 0 Å². The zero-order valence-corrected chi connectivity index (χ0v) is 11.7. The minimum atomic E-state index is -0.468. The fourth-order valence-corrected chi connectivity index (χ4v) is 3.34. The summed E-state index contributed by atoms with van der Waals surface area (Å²) >= 11 is 0. The van der Waals surface area contributed by atoms with Crippen LogP contribution in [0.15, 0.2) is 35.4 Å². The smallest absolute Gasteiger partial charge is 0.259 e. The summed E-state index contributed by atoms with van der Waals surface area (Å²) in [5.41, 5.74) is 1.33. The van der Waals surface area contributed by atoms with Crippen LogP contribution in [0.4, 0.5) is 5.69 Å². The van der Waals surface area contributed by atoms with Crippen LogP contribution in [0, 0.1) is 5.41 Å². The van der Waals surface area contributed by atoms with Crippen LogP contribution in [0.5, 0.6) is 0 Å². The number of hydrogen-bond acceptors (Lipinski definition) is 3. The molecule has 1 fully saturated rings. The van der Waals surface area contributed by atoms with Crippen molar-refractivity contribution < 1.29 is 9.90 Å². The maximum absolute atomic E-state index is 12.9. The molecule has 1 aromatic rings. The minimum Gasteiger partial charge on any atom is -0.393 e. The van der Waals surface area contributed by atoms with Crippen LogP contribution in [-0.2, 0) is 4.79 Å². The van der Waals surface area contributed by atoms with Crippen molar-refractivity contribution in [3.8, 4) is 0 Å². The number of amides is 1. The number of carbonyl (C=O) groups is 1. The van der Waals surface area contributed by atoms with Gasteiger partial charge >= 0.3 is 0 Å². The molecule has 20 heavy (non-hydrogen) atoms. The number of aliphatic hydroxyl groups excluding tert-OH is 1. The molecular weight excluding hydrogens is 252 g/mol. The predicted octanol–water partition coefficient (Wildman–Crippen LogP) is 2.72. The van der Waals surface area contributed by atoms with Crippen molar-refractivity contribution >= 4 is 17.3 Å². The first kappa shape index (κ1) is 13.3. The van der Waals surface area contributed by atoms with Gasteiger partial charge in [-0.25, -0.2) is 0 Å². The number of nitrogens with zero attached hydrogens (tertiary/aromatic N) is 2. The van der Waals surface area contributed by atoms with Crippen LogP contribution >= 0.6 is 0 Å². The molecule has 0 radical (unpaired) electrons. The number of anilines is 1. The normalized spacial score (nSPS) is 29.9. The fourth-order valence-electron chi connectivity index (χ4n) is 3.34. The van der Waals surface area contributed by atoms with Gasteiger partial charge < -0.3 is 5.11 Å². The Morgan fingerprint density at radius 2 is 1.95 bits per heavy atom. The first-order chi connectivity index (χ1) is 9.67. The zero-order chi connectivity index (χ0) is 14.2. The lowest BCUT2D eigenvalue weighted by Crippen LogP contribution is -2.43. The first-order valence-corrected chi connectivity index (χ1v) is 7.33. The van der Waals surface area contributed by atoms with Gasteiger partial charge in [-0.3, -0.25) is 4.79 Å². The van der Waals surface area contributed by atoms with E-state index in [2.05, 4.69) is 5.10 Å². The van der Waals surface area contributed by atoms with E-state index in [4.69, 9.17) is 0 Å². The molecule has 1 spiro atoms. The molecule has 1 aliphatic carbocycles. The van der Waals surface area contributed by atoms with Crippen molar-refractivity contribution in [1.29, 1.82) is 0 Å². The second-order valence-corrected chi connectivity index (χ2v) is 5.67. The number of carbonyl (C=O) groups excluding carboxylic acids is 1. The van der Waals surface area contributed by atoms with Gasteiger partial charge in [-0.05, 0) is 44.2 Å². The third-order valence-electron chi connectivity index (χ3n) is 4.52. The van der Waals surface area contributed by atoms with Gasteiger partial charge in [0, 0.05) is 0 Å². The van der Waals surface area contributed by atoms with Gasteiger partial charge in [0.25, 0.3) is 5.91 Å². The Labute approximate surface area is 119 Å². The molecular formula is C16H20N2O2. The van der Waals surface area contributed by atoms with E-state index in [9.17, 15) is 9.90 Å². The molecule has 1 saturated carbocycles. The van der Waals surface area contributed by atoms with E-state index >= 15 is 0 Å². The Hall–Kier alpha value is -1.68. The molecule has 1 heterocycles. The van der Waals surface area contributed by atoms with Crippen molar-refractivity contribution in [2.24, 2.45) is 10.5 Å². The van der Waals surface area contributed by atoms with E-state index in [0.717, 1.165) is 17.8 Å². The lowest BCUT2D eigenvalue weighted by atomic mass is 9.69. The van der Waals surface area contributed by atoms with Crippen molar-refractivity contribution in [2.45, 2.75) is 45.1 Å². The van der Waals surface area contributed by atoms with Gasteiger partial charge in [-0.2, -0.15) is 10.1 Å². The van der Waals surface area contributed by atoms with Gasteiger partial charge in [0.1, 0.15) is 0 Å². The Morgan fingerprint density at radius 3 is 2.55 bits per heavy atom. The standard InChI is InChI=1S/C16H20N2O2/c1-2-14-16(10-8-13(19)9-11-16)15(20)18(17-14)12-6-4-3-5-7-12/h3-7,13,19H,2,8-11H2,1H3/t13-,16+. The van der Waals surface area contributed by atoms with E-state index in [1.165, 1.54) is 0 Å². The largest absolute Gasteiger partial charge is 0.393 e. The second kappa shape index (κ2) is 5.02. The molecule has 0 unspecified atom stereocenters. The summed E-state index contributed by atoms with van der Waals surface area (Å²) < 4.78 is 0. The molecule has 2 aliphatic rings. The third kappa shape index (κ3) is 1.95. The molecule has 1 aliphatic heterocycles. The van der Waals surface area contributed by atoms with Crippen molar-refractivity contribution in [3.63, 3.8) is 0 Å². The number of aliphatic hydroxyl groups is 1. The van der Waals surface area contributed by atoms with Gasteiger partial charge in [-0.15, -0.1) is 0 Å². The molecule has 4 nitrogen and oxygen atoms in total. The first-order valence-electron chi connectivity index (χ1n) is 7.33. The average Bonchev–Trinajstić information content (AvgIpc) is 2.76. The topological polar surface area (TPSA) is 52.9 Å². The maximum atomic E-state index is 12.9. The van der Waals surface area contributed by atoms with Gasteiger partial charge in [0.05, 0.1) is 22.9 Å². The van der Waals surface area contributed by atoms with E-state index in [-0.39, 0.29) is 12.0 Å². The summed E-state index contributed by atoms with van der Waals surface area (Å²) in [5.74, 6) is 0.0763. The van der Waals surface area contributed by atoms with E-state index < -0.39 is 5.41 Å². The quantitative estimate of drug-likeness (QED) is 0.900. The molecule has 0 saturated heterocycles. The monoisotopic (exact) mass is 272 g/mol. The summed E-state index contributed by atoms with van der Waals surface area (Å²) in [6.45, 7) is 2.05. The molecule has 106 valence electrons. The van der Waals surface area contributed by atoms with Crippen LogP contribution in [0.1, 0.15) is 39.0 Å². The number of para-hydroxylation sites is 1. The molecule has 1 aromatic carbocycles. The van der Waals surface area contributed by atoms with Gasteiger partial charge in [0.2, 0.25) is 0 Å². The second-order valence-electron chi connectivity index (χ2n) is 5.67. The van der Waals surface area contributed by atoms with Crippen LogP contribution in [0.3, 0.4) is 0 Å². The predicted molar refractivity (Wildman–Crippen MR) is 78.6 cm³/mol. The number of hydrazone groups is 1. The average molecular weight is 272 g/mol. The highest BCUT2D eigenvalue weighted by Gasteiger charge is 2.51. The highest BCUT2D eigenvalue weighted by Crippen LogP contribution is 2.44. The number of hydrogen-bond donors (Lipinski definition) is 1. The Morgan fingerprint density at radius 1 is 1.30 bits per heavy atom. The van der Waals surface area contributed by atoms with Crippen molar-refractivity contribution in [1.82, 2.24) is 0 Å². The summed E-state index contributed by atoms with van der Waals surface area (Å²) in [7, 11) is 0. The maximum Gasteiger partial charge on any atom is 0.259 e. The molecule has 1 amide bonds. The van der Waals surface area contributed by atoms with Crippen molar-refractivity contribution in [3.05, 3.63) is 30.3 Å². The SMILES string of the molecule is CCC1=NN(c2ccccc2)C(=O)[C@]12CC[C@@H](O)CC2. The lowest BCUT2D eigenvalue weighted by molar-refractivity contribution is -0.126. The van der Waals surface area contributed by atoms with Crippen LogP contribution in [-0.4, -0.2) is 22.8 Å². The molecule has 0 bridgehead atoms. The van der Waals surface area contributed by atoms with Gasteiger partial charge in [0.15, 0.2) is 0 Å². The Balaban J connectivity index is 1.95. The highest BCUT2D eigenvalue weighted by atomic mass is 16.3. The molecule has 1 N–H and O–H groups in total. The zero-order valence-electron chi connectivity index (χ0n) is 11.7. The van der Waals surface area contributed by atoms with Crippen molar-refractivity contribution in [2.75, 3.05) is 5.01 Å². The third-order valence-corrected chi connectivity index (χ3v) is 4.52. The molecule has 0 aromatic heterocycles. The van der Waals surface area contributed by atoms with E-state index in [1.54, 1.807) is 5.01 Å². The minimum absolute atomic E-state index is 0.0763. The summed E-state index contributed by atoms with van der Waals surface area (Å²) in [5, 5.41) is 15.8. The Bertz CT molecular complexity index is 531. The summed E-state index contributed by atoms with van der Waals surface area (Å²) in [6, 6.07) is 9.58. The summed E-state index contributed by atoms with van der Waals surface area (Å²) in [6.07, 6.45) is 3.31. The van der Waals surface area contributed by atoms with E-state index in [0.29, 0.717) is 25.7 Å². The lowest BCUT2D eigenvalue weighted by Gasteiger charge is -2.34. The molecule has 3 rings (SSSR count).